The van der Waals surface area contributed by atoms with E-state index in [1.165, 1.54) is 22.0 Å². The van der Waals surface area contributed by atoms with Crippen LogP contribution in [-0.4, -0.2) is 26.0 Å². The predicted octanol–water partition coefficient (Wildman–Crippen LogP) is 1.30. The van der Waals surface area contributed by atoms with Crippen molar-refractivity contribution in [2.24, 2.45) is 5.73 Å². The van der Waals surface area contributed by atoms with Gasteiger partial charge < -0.3 is 11.6 Å². The quantitative estimate of drug-likeness (QED) is 0.619. The monoisotopic (exact) mass is 305 g/mol. The van der Waals surface area contributed by atoms with Gasteiger partial charge in [-0.05, 0) is 18.4 Å². The van der Waals surface area contributed by atoms with E-state index in [1.807, 2.05) is 18.2 Å². The van der Waals surface area contributed by atoms with Crippen LogP contribution in [0, 0.1) is 0 Å². The van der Waals surface area contributed by atoms with Crippen LogP contribution in [0.1, 0.15) is 31.2 Å². The molecular formula is C14H19N5OS. The second-order valence-electron chi connectivity index (χ2n) is 4.95. The summed E-state index contributed by atoms with van der Waals surface area (Å²) < 4.78 is 1.43. The van der Waals surface area contributed by atoms with Crippen molar-refractivity contribution in [1.29, 1.82) is 0 Å². The molecule has 0 radical (unpaired) electrons. The molecule has 21 heavy (non-hydrogen) atoms. The minimum absolute atomic E-state index is 0.282. The molecule has 0 saturated heterocycles. The Morgan fingerprint density at radius 1 is 1.29 bits per heavy atom. The van der Waals surface area contributed by atoms with E-state index in [2.05, 4.69) is 29.3 Å². The number of primary amides is 1. The molecule has 0 aliphatic rings. The second-order valence-corrected chi connectivity index (χ2v) is 6.26. The third kappa shape index (κ3) is 3.75. The van der Waals surface area contributed by atoms with E-state index in [4.69, 9.17) is 11.6 Å². The zero-order chi connectivity index (χ0) is 15.4. The Balaban J connectivity index is 2.08. The largest absolute Gasteiger partial charge is 0.369 e. The van der Waals surface area contributed by atoms with Crippen LogP contribution in [0.25, 0.3) is 0 Å². The third-order valence-corrected chi connectivity index (χ3v) is 4.35. The number of rotatable bonds is 6. The molecule has 1 aromatic heterocycles. The number of nitrogens with zero attached hydrogens (tertiary/aromatic N) is 3. The van der Waals surface area contributed by atoms with E-state index in [0.717, 1.165) is 0 Å². The van der Waals surface area contributed by atoms with Crippen LogP contribution in [-0.2, 0) is 11.2 Å². The molecule has 0 unspecified atom stereocenters. The van der Waals surface area contributed by atoms with Crippen molar-refractivity contribution < 1.29 is 4.79 Å². The summed E-state index contributed by atoms with van der Waals surface area (Å²) in [6, 6.07) is 10.2. The number of carbonyl (C=O) groups excluding carboxylic acids is 1. The van der Waals surface area contributed by atoms with Crippen LogP contribution in [0.15, 0.2) is 35.5 Å². The molecule has 1 amide bonds. The Kier molecular flexibility index (Phi) is 4.85. The molecule has 1 heterocycles. The summed E-state index contributed by atoms with van der Waals surface area (Å²) in [5.41, 5.74) is 6.46. The number of aromatic nitrogens is 3. The lowest BCUT2D eigenvalue weighted by Gasteiger charge is -2.11. The fourth-order valence-electron chi connectivity index (χ4n) is 1.92. The number of hydrogen-bond donors (Lipinski definition) is 2. The summed E-state index contributed by atoms with van der Waals surface area (Å²) in [6.07, 6.45) is 0.680. The average Bonchev–Trinajstić information content (AvgIpc) is 2.81. The molecule has 0 bridgehead atoms. The van der Waals surface area contributed by atoms with Gasteiger partial charge in [-0.1, -0.05) is 49.0 Å². The van der Waals surface area contributed by atoms with Crippen molar-refractivity contribution >= 4 is 17.7 Å². The molecule has 0 aliphatic carbocycles. The van der Waals surface area contributed by atoms with Gasteiger partial charge in [0.15, 0.2) is 5.82 Å². The fourth-order valence-corrected chi connectivity index (χ4v) is 2.66. The van der Waals surface area contributed by atoms with Gasteiger partial charge in [-0.3, -0.25) is 4.79 Å². The first-order valence-electron chi connectivity index (χ1n) is 6.69. The third-order valence-electron chi connectivity index (χ3n) is 3.28. The molecule has 0 saturated carbocycles. The molecule has 1 aromatic carbocycles. The second kappa shape index (κ2) is 6.62. The van der Waals surface area contributed by atoms with E-state index < -0.39 is 11.2 Å². The van der Waals surface area contributed by atoms with E-state index >= 15 is 0 Å². The maximum Gasteiger partial charge on any atom is 0.230 e. The molecule has 0 spiro atoms. The van der Waals surface area contributed by atoms with E-state index in [9.17, 15) is 4.79 Å². The summed E-state index contributed by atoms with van der Waals surface area (Å²) in [4.78, 5) is 11.1. The van der Waals surface area contributed by atoms with Crippen LogP contribution in [0.2, 0.25) is 0 Å². The maximum atomic E-state index is 11.1. The highest BCUT2D eigenvalue weighted by atomic mass is 32.2. The van der Waals surface area contributed by atoms with Crippen LogP contribution >= 0.6 is 11.8 Å². The highest BCUT2D eigenvalue weighted by Gasteiger charge is 2.18. The Labute approximate surface area is 127 Å². The highest BCUT2D eigenvalue weighted by Crippen LogP contribution is 2.23. The molecule has 0 aliphatic heterocycles. The number of amides is 1. The van der Waals surface area contributed by atoms with Crippen LogP contribution < -0.4 is 11.6 Å². The molecule has 7 heteroatoms. The SMILES string of the molecule is C[C@H](Sc1nnc(C[C@@H](C)c2ccccc2)n1N)C(N)=O. The van der Waals surface area contributed by atoms with Gasteiger partial charge in [0.2, 0.25) is 11.1 Å². The summed E-state index contributed by atoms with van der Waals surface area (Å²) in [5.74, 6) is 6.56. The molecule has 0 fully saturated rings. The van der Waals surface area contributed by atoms with Gasteiger partial charge in [0, 0.05) is 6.42 Å². The van der Waals surface area contributed by atoms with Crippen molar-refractivity contribution in [2.45, 2.75) is 36.6 Å². The minimum atomic E-state index is -0.401. The smallest absolute Gasteiger partial charge is 0.230 e. The van der Waals surface area contributed by atoms with Crippen molar-refractivity contribution in [2.75, 3.05) is 5.84 Å². The van der Waals surface area contributed by atoms with Crippen molar-refractivity contribution in [3.8, 4) is 0 Å². The number of benzene rings is 1. The summed E-state index contributed by atoms with van der Waals surface area (Å²) >= 11 is 1.21. The van der Waals surface area contributed by atoms with Gasteiger partial charge in [0.05, 0.1) is 5.25 Å². The maximum absolute atomic E-state index is 11.1. The number of carbonyl (C=O) groups is 1. The van der Waals surface area contributed by atoms with Gasteiger partial charge in [0.1, 0.15) is 0 Å². The number of nitrogens with two attached hydrogens (primary N) is 2. The predicted molar refractivity (Wildman–Crippen MR) is 83.2 cm³/mol. The van der Waals surface area contributed by atoms with Gasteiger partial charge >= 0.3 is 0 Å². The zero-order valence-electron chi connectivity index (χ0n) is 12.1. The van der Waals surface area contributed by atoms with Crippen molar-refractivity contribution in [3.63, 3.8) is 0 Å². The molecule has 112 valence electrons. The Hall–Kier alpha value is -2.02. The number of thioether (sulfide) groups is 1. The van der Waals surface area contributed by atoms with E-state index in [1.54, 1.807) is 6.92 Å². The molecular weight excluding hydrogens is 286 g/mol. The van der Waals surface area contributed by atoms with Crippen LogP contribution in [0.4, 0.5) is 0 Å². The average molecular weight is 305 g/mol. The van der Waals surface area contributed by atoms with Gasteiger partial charge in [0.25, 0.3) is 0 Å². The molecule has 2 aromatic rings. The summed E-state index contributed by atoms with van der Waals surface area (Å²) in [7, 11) is 0. The Morgan fingerprint density at radius 3 is 2.57 bits per heavy atom. The molecule has 2 atom stereocenters. The number of hydrogen-bond acceptors (Lipinski definition) is 5. The van der Waals surface area contributed by atoms with Crippen LogP contribution in [0.5, 0.6) is 0 Å². The first-order chi connectivity index (χ1) is 9.99. The van der Waals surface area contributed by atoms with E-state index in [0.29, 0.717) is 17.4 Å². The van der Waals surface area contributed by atoms with Crippen LogP contribution in [0.3, 0.4) is 0 Å². The molecule has 6 nitrogen and oxygen atoms in total. The number of nitrogen functional groups attached to an aromatic ring is 1. The Bertz CT molecular complexity index is 613. The Morgan fingerprint density at radius 2 is 1.95 bits per heavy atom. The first-order valence-corrected chi connectivity index (χ1v) is 7.57. The summed E-state index contributed by atoms with van der Waals surface area (Å²) in [5, 5.41) is 8.24. The van der Waals surface area contributed by atoms with Gasteiger partial charge in [-0.25, -0.2) is 4.68 Å². The first kappa shape index (κ1) is 15.4. The standard InChI is InChI=1S/C14H19N5OS/c1-9(11-6-4-3-5-7-11)8-12-17-18-14(19(12)16)21-10(2)13(15)20/h3-7,9-10H,8,16H2,1-2H3,(H2,15,20)/t9-,10+/m1/s1. The van der Waals surface area contributed by atoms with Crippen molar-refractivity contribution in [1.82, 2.24) is 14.9 Å². The fraction of sp³-hybridized carbons (Fsp3) is 0.357. The minimum Gasteiger partial charge on any atom is -0.369 e. The zero-order valence-corrected chi connectivity index (χ0v) is 12.9. The molecule has 2 rings (SSSR count). The van der Waals surface area contributed by atoms with E-state index in [-0.39, 0.29) is 5.92 Å². The normalized spacial score (nSPS) is 13.8. The lowest BCUT2D eigenvalue weighted by molar-refractivity contribution is -0.117. The highest BCUT2D eigenvalue weighted by molar-refractivity contribution is 8.00. The van der Waals surface area contributed by atoms with Crippen molar-refractivity contribution in [3.05, 3.63) is 41.7 Å². The van der Waals surface area contributed by atoms with Gasteiger partial charge in [-0.15, -0.1) is 10.2 Å². The lowest BCUT2D eigenvalue weighted by atomic mass is 9.98. The van der Waals surface area contributed by atoms with Gasteiger partial charge in [-0.2, -0.15) is 0 Å². The topological polar surface area (TPSA) is 99.8 Å². The summed E-state index contributed by atoms with van der Waals surface area (Å²) in [6.45, 7) is 3.83. The molecule has 4 N–H and O–H groups in total. The lowest BCUT2D eigenvalue weighted by Crippen LogP contribution is -2.24.